The molecule has 0 bridgehead atoms. The third-order valence-electron chi connectivity index (χ3n) is 2.84. The first-order valence-corrected chi connectivity index (χ1v) is 6.73. The van der Waals surface area contributed by atoms with Crippen LogP contribution in [0.3, 0.4) is 0 Å². The van der Waals surface area contributed by atoms with E-state index in [0.29, 0.717) is 11.1 Å². The standard InChI is InChI=1S/C14H9N3O9/c18-15(19)24-12-6-3-10(4-7-12)1-2-11-5-8-13(25-16(20)21)14(9-11)26-17(22)23/h1-9H. The van der Waals surface area contributed by atoms with E-state index in [2.05, 4.69) is 14.5 Å². The molecule has 0 aliphatic heterocycles. The molecule has 0 aliphatic carbocycles. The van der Waals surface area contributed by atoms with E-state index in [1.807, 2.05) is 0 Å². The van der Waals surface area contributed by atoms with Crippen LogP contribution >= 0.6 is 0 Å². The summed E-state index contributed by atoms with van der Waals surface area (Å²) in [6.45, 7) is 0. The molecule has 0 aliphatic rings. The molecular weight excluding hydrogens is 354 g/mol. The van der Waals surface area contributed by atoms with Gasteiger partial charge in [-0.15, -0.1) is 30.3 Å². The molecule has 0 saturated carbocycles. The molecule has 2 aromatic rings. The zero-order valence-electron chi connectivity index (χ0n) is 12.7. The molecule has 0 aromatic heterocycles. The summed E-state index contributed by atoms with van der Waals surface area (Å²) in [7, 11) is 0. The molecule has 134 valence electrons. The van der Waals surface area contributed by atoms with Gasteiger partial charge in [-0.3, -0.25) is 14.5 Å². The van der Waals surface area contributed by atoms with Gasteiger partial charge in [0.25, 0.3) is 15.3 Å². The fourth-order valence-corrected chi connectivity index (χ4v) is 1.85. The molecule has 0 spiro atoms. The quantitative estimate of drug-likeness (QED) is 0.390. The van der Waals surface area contributed by atoms with Gasteiger partial charge < -0.3 is 0 Å². The van der Waals surface area contributed by atoms with E-state index in [9.17, 15) is 30.3 Å². The third-order valence-corrected chi connectivity index (χ3v) is 2.84. The molecule has 0 amide bonds. The second-order valence-corrected chi connectivity index (χ2v) is 4.55. The number of hydrogen-bond acceptors (Lipinski definition) is 9. The average Bonchev–Trinajstić information content (AvgIpc) is 2.55. The zero-order chi connectivity index (χ0) is 19.1. The van der Waals surface area contributed by atoms with E-state index in [4.69, 9.17) is 0 Å². The average molecular weight is 363 g/mol. The van der Waals surface area contributed by atoms with Crippen LogP contribution in [0.4, 0.5) is 0 Å². The van der Waals surface area contributed by atoms with Gasteiger partial charge in [0.05, 0.1) is 0 Å². The third kappa shape index (κ3) is 5.45. The van der Waals surface area contributed by atoms with Gasteiger partial charge in [-0.05, 0) is 35.4 Å². The summed E-state index contributed by atoms with van der Waals surface area (Å²) in [4.78, 5) is 43.9. The number of rotatable bonds is 8. The van der Waals surface area contributed by atoms with E-state index in [0.717, 1.165) is 6.07 Å². The summed E-state index contributed by atoms with van der Waals surface area (Å²) in [6, 6.07) is 9.63. The highest BCUT2D eigenvalue weighted by molar-refractivity contribution is 5.71. The molecule has 0 radical (unpaired) electrons. The van der Waals surface area contributed by atoms with Crippen LogP contribution in [-0.2, 0) is 0 Å². The van der Waals surface area contributed by atoms with Crippen molar-refractivity contribution in [1.82, 2.24) is 0 Å². The molecule has 0 heterocycles. The second kappa shape index (κ2) is 8.05. The molecule has 0 saturated heterocycles. The highest BCUT2D eigenvalue weighted by atomic mass is 17.0. The van der Waals surface area contributed by atoms with Crippen molar-refractivity contribution < 1.29 is 29.8 Å². The monoisotopic (exact) mass is 363 g/mol. The highest BCUT2D eigenvalue weighted by Crippen LogP contribution is 2.29. The van der Waals surface area contributed by atoms with Gasteiger partial charge in [-0.2, -0.15) is 0 Å². The summed E-state index contributed by atoms with van der Waals surface area (Å²) < 4.78 is 0. The van der Waals surface area contributed by atoms with Crippen LogP contribution in [0.5, 0.6) is 17.2 Å². The predicted molar refractivity (Wildman–Crippen MR) is 84.7 cm³/mol. The maximum Gasteiger partial charge on any atom is 0.299 e. The van der Waals surface area contributed by atoms with Crippen molar-refractivity contribution >= 4 is 12.2 Å². The van der Waals surface area contributed by atoms with Gasteiger partial charge in [0.15, 0.2) is 11.5 Å². The second-order valence-electron chi connectivity index (χ2n) is 4.55. The Hall–Kier alpha value is -4.22. The van der Waals surface area contributed by atoms with Crippen molar-refractivity contribution in [3.63, 3.8) is 0 Å². The fourth-order valence-electron chi connectivity index (χ4n) is 1.85. The molecule has 2 aromatic carbocycles. The minimum Gasteiger partial charge on any atom is -0.276 e. The number of hydrogen-bond donors (Lipinski definition) is 0. The largest absolute Gasteiger partial charge is 0.299 e. The van der Waals surface area contributed by atoms with Crippen molar-refractivity contribution in [2.45, 2.75) is 0 Å². The predicted octanol–water partition coefficient (Wildman–Crippen LogP) is 2.57. The first kappa shape index (κ1) is 18.1. The van der Waals surface area contributed by atoms with E-state index in [1.54, 1.807) is 24.3 Å². The molecule has 0 unspecified atom stereocenters. The van der Waals surface area contributed by atoms with Crippen molar-refractivity contribution in [2.24, 2.45) is 0 Å². The Bertz CT molecular complexity index is 864. The Labute approximate surface area is 144 Å². The first-order valence-electron chi connectivity index (χ1n) is 6.73. The molecule has 0 fully saturated rings. The van der Waals surface area contributed by atoms with Crippen molar-refractivity contribution in [2.75, 3.05) is 0 Å². The maximum absolute atomic E-state index is 10.5. The van der Waals surface area contributed by atoms with Crippen LogP contribution in [-0.4, -0.2) is 15.3 Å². The van der Waals surface area contributed by atoms with Gasteiger partial charge in [-0.1, -0.05) is 30.4 Å². The zero-order valence-corrected chi connectivity index (χ0v) is 12.7. The SMILES string of the molecule is O=[N+]([O-])Oc1ccc(C=Cc2ccc(O[N+](=O)[O-])c(O[N+](=O)[O-])c2)cc1. The molecule has 0 atom stereocenters. The Morgan fingerprint density at radius 3 is 1.73 bits per heavy atom. The topological polar surface area (TPSA) is 157 Å². The molecule has 12 nitrogen and oxygen atoms in total. The molecule has 0 N–H and O–H groups in total. The van der Waals surface area contributed by atoms with Gasteiger partial charge in [0.1, 0.15) is 5.75 Å². The van der Waals surface area contributed by atoms with Crippen LogP contribution in [0.1, 0.15) is 11.1 Å². The minimum atomic E-state index is -1.12. The van der Waals surface area contributed by atoms with Gasteiger partial charge in [-0.25, -0.2) is 0 Å². The lowest BCUT2D eigenvalue weighted by Crippen LogP contribution is -2.09. The molecule has 2 rings (SSSR count). The summed E-state index contributed by atoms with van der Waals surface area (Å²) in [6.07, 6.45) is 3.15. The van der Waals surface area contributed by atoms with Crippen LogP contribution in [0.15, 0.2) is 42.5 Å². The summed E-state index contributed by atoms with van der Waals surface area (Å²) in [5, 5.41) is 27.9. The van der Waals surface area contributed by atoms with Crippen molar-refractivity contribution in [3.05, 3.63) is 83.9 Å². The van der Waals surface area contributed by atoms with Gasteiger partial charge in [0, 0.05) is 0 Å². The lowest BCUT2D eigenvalue weighted by molar-refractivity contribution is -0.721. The lowest BCUT2D eigenvalue weighted by atomic mass is 10.1. The van der Waals surface area contributed by atoms with Gasteiger partial charge >= 0.3 is 0 Å². The van der Waals surface area contributed by atoms with Crippen LogP contribution in [0, 0.1) is 30.3 Å². The molecule has 26 heavy (non-hydrogen) atoms. The van der Waals surface area contributed by atoms with Crippen LogP contribution in [0.2, 0.25) is 0 Å². The van der Waals surface area contributed by atoms with E-state index >= 15 is 0 Å². The molecule has 12 heteroatoms. The van der Waals surface area contributed by atoms with Gasteiger partial charge in [0.2, 0.25) is 0 Å². The Morgan fingerprint density at radius 1 is 0.654 bits per heavy atom. The number of benzene rings is 2. The summed E-state index contributed by atoms with van der Waals surface area (Å²) >= 11 is 0. The van der Waals surface area contributed by atoms with E-state index in [1.165, 1.54) is 24.3 Å². The lowest BCUT2D eigenvalue weighted by Gasteiger charge is -2.06. The summed E-state index contributed by atoms with van der Waals surface area (Å²) in [5.74, 6) is -0.816. The van der Waals surface area contributed by atoms with E-state index in [-0.39, 0.29) is 5.75 Å². The maximum atomic E-state index is 10.5. The Balaban J connectivity index is 2.19. The summed E-state index contributed by atoms with van der Waals surface area (Å²) in [5.41, 5.74) is 1.09. The Morgan fingerprint density at radius 2 is 1.15 bits per heavy atom. The van der Waals surface area contributed by atoms with E-state index < -0.39 is 26.8 Å². The minimum absolute atomic E-state index is 0.0510. The molecular formula is C14H9N3O9. The van der Waals surface area contributed by atoms with Crippen LogP contribution < -0.4 is 14.5 Å². The van der Waals surface area contributed by atoms with Crippen molar-refractivity contribution in [3.8, 4) is 17.2 Å². The Kier molecular flexibility index (Phi) is 5.61. The highest BCUT2D eigenvalue weighted by Gasteiger charge is 2.11. The number of nitrogens with zero attached hydrogens (tertiary/aromatic N) is 3. The van der Waals surface area contributed by atoms with Crippen LogP contribution in [0.25, 0.3) is 12.2 Å². The first-order chi connectivity index (χ1) is 12.3. The van der Waals surface area contributed by atoms with Crippen molar-refractivity contribution in [1.29, 1.82) is 0 Å². The fraction of sp³-hybridized carbons (Fsp3) is 0. The smallest absolute Gasteiger partial charge is 0.276 e. The normalized spacial score (nSPS) is 10.3.